The second-order valence-corrected chi connectivity index (χ2v) is 5.83. The van der Waals surface area contributed by atoms with E-state index in [9.17, 15) is 0 Å². The van der Waals surface area contributed by atoms with Gasteiger partial charge in [0, 0.05) is 25.1 Å². The fraction of sp³-hybridized carbons (Fsp3) is 0.733. The van der Waals surface area contributed by atoms with Gasteiger partial charge in [0.1, 0.15) is 16.8 Å². The lowest BCUT2D eigenvalue weighted by Gasteiger charge is -2.33. The third-order valence-corrected chi connectivity index (χ3v) is 4.44. The summed E-state index contributed by atoms with van der Waals surface area (Å²) in [6, 6.07) is 0. The van der Waals surface area contributed by atoms with Gasteiger partial charge in [0.2, 0.25) is 0 Å². The highest BCUT2D eigenvalue weighted by molar-refractivity contribution is 6.30. The van der Waals surface area contributed by atoms with Crippen molar-refractivity contribution < 1.29 is 0 Å². The first-order valence-corrected chi connectivity index (χ1v) is 7.81. The molecule has 3 nitrogen and oxygen atoms in total. The topological polar surface area (TPSA) is 29.0 Å². The van der Waals surface area contributed by atoms with E-state index >= 15 is 0 Å². The fourth-order valence-electron chi connectivity index (χ4n) is 2.72. The van der Waals surface area contributed by atoms with Crippen molar-refractivity contribution >= 4 is 17.4 Å². The first-order valence-electron chi connectivity index (χ1n) is 7.43. The summed E-state index contributed by atoms with van der Waals surface area (Å²) in [5.41, 5.74) is 1.02. The molecular weight excluding hydrogens is 258 g/mol. The number of piperidine rings is 1. The van der Waals surface area contributed by atoms with Gasteiger partial charge < -0.3 is 4.90 Å². The minimum atomic E-state index is 0.617. The van der Waals surface area contributed by atoms with E-state index in [1.807, 2.05) is 6.92 Å². The van der Waals surface area contributed by atoms with E-state index in [-0.39, 0.29) is 0 Å². The van der Waals surface area contributed by atoms with Gasteiger partial charge in [-0.25, -0.2) is 9.97 Å². The second-order valence-electron chi connectivity index (χ2n) is 5.47. The van der Waals surface area contributed by atoms with Gasteiger partial charge in [-0.05, 0) is 32.1 Å². The van der Waals surface area contributed by atoms with E-state index in [4.69, 9.17) is 16.6 Å². The van der Waals surface area contributed by atoms with Crippen molar-refractivity contribution in [2.45, 2.75) is 52.9 Å². The Morgan fingerprint density at radius 2 is 1.89 bits per heavy atom. The zero-order valence-corrected chi connectivity index (χ0v) is 13.0. The standard InChI is InChI=1S/C15H24ClN3/c1-4-6-13-17-14(16)11(3)15(18-13)19-9-7-12(5-2)8-10-19/h12H,4-10H2,1-3H3. The van der Waals surface area contributed by atoms with Crippen LogP contribution >= 0.6 is 11.6 Å². The number of hydrogen-bond acceptors (Lipinski definition) is 3. The van der Waals surface area contributed by atoms with Crippen molar-refractivity contribution in [1.82, 2.24) is 9.97 Å². The molecule has 1 aliphatic heterocycles. The van der Waals surface area contributed by atoms with E-state index in [1.165, 1.54) is 19.3 Å². The molecule has 0 aliphatic carbocycles. The predicted molar refractivity (Wildman–Crippen MR) is 81.0 cm³/mol. The summed E-state index contributed by atoms with van der Waals surface area (Å²) < 4.78 is 0. The minimum absolute atomic E-state index is 0.617. The lowest BCUT2D eigenvalue weighted by molar-refractivity contribution is 0.393. The maximum absolute atomic E-state index is 6.25. The monoisotopic (exact) mass is 281 g/mol. The van der Waals surface area contributed by atoms with Crippen LogP contribution in [0.1, 0.15) is 50.9 Å². The molecule has 2 rings (SSSR count). The lowest BCUT2D eigenvalue weighted by atomic mass is 9.94. The molecule has 1 aromatic heterocycles. The number of anilines is 1. The molecule has 4 heteroatoms. The van der Waals surface area contributed by atoms with Crippen molar-refractivity contribution in [2.24, 2.45) is 5.92 Å². The third-order valence-electron chi connectivity index (χ3n) is 4.07. The van der Waals surface area contributed by atoms with Crippen LogP contribution in [0.25, 0.3) is 0 Å². The summed E-state index contributed by atoms with van der Waals surface area (Å²) in [5.74, 6) is 2.81. The molecule has 0 N–H and O–H groups in total. The molecule has 19 heavy (non-hydrogen) atoms. The average Bonchev–Trinajstić information content (AvgIpc) is 2.43. The minimum Gasteiger partial charge on any atom is -0.356 e. The number of hydrogen-bond donors (Lipinski definition) is 0. The molecular formula is C15H24ClN3. The van der Waals surface area contributed by atoms with Crippen LogP contribution in [0.2, 0.25) is 5.15 Å². The van der Waals surface area contributed by atoms with Crippen molar-refractivity contribution in [3.8, 4) is 0 Å². The highest BCUT2D eigenvalue weighted by Crippen LogP contribution is 2.28. The third kappa shape index (κ3) is 3.38. The Balaban J connectivity index is 2.19. The Kier molecular flexibility index (Phi) is 5.03. The van der Waals surface area contributed by atoms with E-state index in [0.717, 1.165) is 49.1 Å². The largest absolute Gasteiger partial charge is 0.356 e. The molecule has 0 spiro atoms. The molecule has 0 unspecified atom stereocenters. The van der Waals surface area contributed by atoms with Crippen LogP contribution in [0.5, 0.6) is 0 Å². The Hall–Kier alpha value is -0.830. The smallest absolute Gasteiger partial charge is 0.137 e. The first-order chi connectivity index (χ1) is 9.15. The normalized spacial score (nSPS) is 16.9. The van der Waals surface area contributed by atoms with E-state index in [1.54, 1.807) is 0 Å². The van der Waals surface area contributed by atoms with Crippen LogP contribution in [0.3, 0.4) is 0 Å². The van der Waals surface area contributed by atoms with Gasteiger partial charge in [0.05, 0.1) is 0 Å². The lowest BCUT2D eigenvalue weighted by Crippen LogP contribution is -2.34. The predicted octanol–water partition coefficient (Wildman–Crippen LogP) is 4.02. The Labute approximate surface area is 121 Å². The van der Waals surface area contributed by atoms with Crippen molar-refractivity contribution in [1.29, 1.82) is 0 Å². The molecule has 1 aromatic rings. The van der Waals surface area contributed by atoms with Gasteiger partial charge >= 0.3 is 0 Å². The van der Waals surface area contributed by atoms with Crippen molar-refractivity contribution in [3.63, 3.8) is 0 Å². The molecule has 0 atom stereocenters. The Morgan fingerprint density at radius 3 is 2.47 bits per heavy atom. The van der Waals surface area contributed by atoms with Gasteiger partial charge in [-0.3, -0.25) is 0 Å². The summed E-state index contributed by atoms with van der Waals surface area (Å²) in [4.78, 5) is 11.5. The van der Waals surface area contributed by atoms with Crippen LogP contribution in [0.4, 0.5) is 5.82 Å². The summed E-state index contributed by atoms with van der Waals surface area (Å²) >= 11 is 6.25. The number of halogens is 1. The molecule has 0 radical (unpaired) electrons. The van der Waals surface area contributed by atoms with Crippen LogP contribution in [0, 0.1) is 12.8 Å². The molecule has 1 saturated heterocycles. The molecule has 106 valence electrons. The van der Waals surface area contributed by atoms with Gasteiger partial charge in [-0.15, -0.1) is 0 Å². The fourth-order valence-corrected chi connectivity index (χ4v) is 2.90. The van der Waals surface area contributed by atoms with Crippen molar-refractivity contribution in [2.75, 3.05) is 18.0 Å². The van der Waals surface area contributed by atoms with Gasteiger partial charge in [0.15, 0.2) is 0 Å². The zero-order chi connectivity index (χ0) is 13.8. The molecule has 0 bridgehead atoms. The number of aromatic nitrogens is 2. The first kappa shape index (κ1) is 14.6. The summed E-state index contributed by atoms with van der Waals surface area (Å²) in [6.45, 7) is 8.64. The summed E-state index contributed by atoms with van der Waals surface area (Å²) in [6.07, 6.45) is 5.77. The second kappa shape index (κ2) is 6.56. The molecule has 0 aromatic carbocycles. The highest BCUT2D eigenvalue weighted by atomic mass is 35.5. The van der Waals surface area contributed by atoms with Crippen molar-refractivity contribution in [3.05, 3.63) is 16.5 Å². The van der Waals surface area contributed by atoms with E-state index in [0.29, 0.717) is 5.15 Å². The van der Waals surface area contributed by atoms with Gasteiger partial charge in [-0.2, -0.15) is 0 Å². The quantitative estimate of drug-likeness (QED) is 0.781. The molecule has 1 aliphatic rings. The van der Waals surface area contributed by atoms with E-state index in [2.05, 4.69) is 23.7 Å². The van der Waals surface area contributed by atoms with Crippen LogP contribution in [0.15, 0.2) is 0 Å². The maximum atomic E-state index is 6.25. The van der Waals surface area contributed by atoms with Gasteiger partial charge in [-0.1, -0.05) is 31.9 Å². The zero-order valence-electron chi connectivity index (χ0n) is 12.2. The van der Waals surface area contributed by atoms with Crippen LogP contribution < -0.4 is 4.90 Å². The molecule has 1 fully saturated rings. The van der Waals surface area contributed by atoms with Gasteiger partial charge in [0.25, 0.3) is 0 Å². The van der Waals surface area contributed by atoms with Crippen LogP contribution in [-0.4, -0.2) is 23.1 Å². The highest BCUT2D eigenvalue weighted by Gasteiger charge is 2.21. The number of rotatable bonds is 4. The maximum Gasteiger partial charge on any atom is 0.137 e. The Morgan fingerprint density at radius 1 is 1.21 bits per heavy atom. The summed E-state index contributed by atoms with van der Waals surface area (Å²) in [5, 5.41) is 0.617. The number of aryl methyl sites for hydroxylation is 1. The molecule has 0 saturated carbocycles. The molecule has 0 amide bonds. The number of nitrogens with zero attached hydrogens (tertiary/aromatic N) is 3. The average molecular weight is 282 g/mol. The summed E-state index contributed by atoms with van der Waals surface area (Å²) in [7, 11) is 0. The van der Waals surface area contributed by atoms with Crippen LogP contribution in [-0.2, 0) is 6.42 Å². The Bertz CT molecular complexity index is 426. The van der Waals surface area contributed by atoms with E-state index < -0.39 is 0 Å². The SMILES string of the molecule is CCCc1nc(Cl)c(C)c(N2CCC(CC)CC2)n1. The molecule has 2 heterocycles.